The van der Waals surface area contributed by atoms with Gasteiger partial charge in [-0.25, -0.2) is 4.79 Å². The summed E-state index contributed by atoms with van der Waals surface area (Å²) >= 11 is 5.85. The van der Waals surface area contributed by atoms with Gasteiger partial charge in [-0.2, -0.15) is 0 Å². The zero-order chi connectivity index (χ0) is 15.2. The zero-order valence-corrected chi connectivity index (χ0v) is 11.7. The first-order chi connectivity index (χ1) is 10.0. The van der Waals surface area contributed by atoms with Crippen LogP contribution in [0.3, 0.4) is 0 Å². The van der Waals surface area contributed by atoms with E-state index in [0.29, 0.717) is 16.4 Å². The number of benzene rings is 1. The van der Waals surface area contributed by atoms with E-state index in [4.69, 9.17) is 16.7 Å². The van der Waals surface area contributed by atoms with Crippen LogP contribution in [0.15, 0.2) is 48.7 Å². The molecule has 0 radical (unpaired) electrons. The maximum absolute atomic E-state index is 12.0. The lowest BCUT2D eigenvalue weighted by Gasteiger charge is -2.08. The number of aromatic nitrogens is 1. The van der Waals surface area contributed by atoms with E-state index in [0.717, 1.165) is 6.08 Å². The summed E-state index contributed by atoms with van der Waals surface area (Å²) in [5, 5.41) is 11.9. The third kappa shape index (κ3) is 4.50. The quantitative estimate of drug-likeness (QED) is 0.834. The van der Waals surface area contributed by atoms with E-state index in [1.54, 1.807) is 47.2 Å². The van der Waals surface area contributed by atoms with E-state index in [-0.39, 0.29) is 12.5 Å². The molecule has 1 amide bonds. The number of amides is 1. The highest BCUT2D eigenvalue weighted by Gasteiger charge is 2.06. The first-order valence-corrected chi connectivity index (χ1v) is 6.54. The summed E-state index contributed by atoms with van der Waals surface area (Å²) in [6.45, 7) is 0.0821. The summed E-state index contributed by atoms with van der Waals surface area (Å²) in [7, 11) is 0. The largest absolute Gasteiger partial charge is 0.478 e. The maximum Gasteiger partial charge on any atom is 0.328 e. The van der Waals surface area contributed by atoms with Gasteiger partial charge in [-0.15, -0.1) is 0 Å². The van der Waals surface area contributed by atoms with Crippen molar-refractivity contribution in [1.29, 1.82) is 0 Å². The van der Waals surface area contributed by atoms with Crippen LogP contribution in [0.2, 0.25) is 5.02 Å². The zero-order valence-electron chi connectivity index (χ0n) is 11.0. The molecule has 0 unspecified atom stereocenters. The van der Waals surface area contributed by atoms with Crippen LogP contribution in [-0.2, 0) is 16.1 Å². The Bertz CT molecular complexity index is 692. The Morgan fingerprint density at radius 1 is 1.29 bits per heavy atom. The monoisotopic (exact) mass is 304 g/mol. The van der Waals surface area contributed by atoms with Crippen LogP contribution in [-0.4, -0.2) is 21.6 Å². The van der Waals surface area contributed by atoms with Gasteiger partial charge in [0.05, 0.1) is 0 Å². The van der Waals surface area contributed by atoms with Crippen molar-refractivity contribution in [3.8, 4) is 0 Å². The van der Waals surface area contributed by atoms with Crippen molar-refractivity contribution in [2.45, 2.75) is 6.54 Å². The molecule has 21 heavy (non-hydrogen) atoms. The summed E-state index contributed by atoms with van der Waals surface area (Å²) in [6, 6.07) is 10.3. The average Bonchev–Trinajstić information content (AvgIpc) is 2.83. The summed E-state index contributed by atoms with van der Waals surface area (Å²) in [5.74, 6) is -1.26. The molecule has 0 fully saturated rings. The number of aliphatic carboxylic acids is 1. The van der Waals surface area contributed by atoms with Crippen molar-refractivity contribution in [1.82, 2.24) is 4.57 Å². The third-order valence-corrected chi connectivity index (χ3v) is 2.92. The summed E-state index contributed by atoms with van der Waals surface area (Å²) in [6.07, 6.45) is 4.18. The predicted molar refractivity (Wildman–Crippen MR) is 81.2 cm³/mol. The number of rotatable bonds is 5. The van der Waals surface area contributed by atoms with Gasteiger partial charge in [0.15, 0.2) is 0 Å². The summed E-state index contributed by atoms with van der Waals surface area (Å²) in [4.78, 5) is 22.5. The van der Waals surface area contributed by atoms with Crippen LogP contribution < -0.4 is 5.32 Å². The highest BCUT2D eigenvalue weighted by molar-refractivity contribution is 6.30. The fourth-order valence-electron chi connectivity index (χ4n) is 1.80. The molecule has 0 saturated heterocycles. The molecule has 2 rings (SSSR count). The number of carboxylic acids is 1. The highest BCUT2D eigenvalue weighted by Crippen LogP contribution is 2.15. The molecule has 0 aliphatic carbocycles. The van der Waals surface area contributed by atoms with Crippen LogP contribution in [0.1, 0.15) is 5.69 Å². The standard InChI is InChI=1S/C15H13ClN2O3/c16-11-3-1-4-12(9-11)17-14(19)10-18-8-2-5-13(18)6-7-15(20)21/h1-9H,10H2,(H,17,19)(H,20,21)/b7-6+. The van der Waals surface area contributed by atoms with Crippen molar-refractivity contribution in [2.24, 2.45) is 0 Å². The van der Waals surface area contributed by atoms with Crippen molar-refractivity contribution in [3.63, 3.8) is 0 Å². The molecule has 1 aromatic carbocycles. The lowest BCUT2D eigenvalue weighted by atomic mass is 10.3. The van der Waals surface area contributed by atoms with Gasteiger partial charge in [-0.05, 0) is 36.4 Å². The minimum Gasteiger partial charge on any atom is -0.478 e. The average molecular weight is 305 g/mol. The van der Waals surface area contributed by atoms with Crippen LogP contribution in [0.4, 0.5) is 5.69 Å². The van der Waals surface area contributed by atoms with Crippen LogP contribution >= 0.6 is 11.6 Å². The third-order valence-electron chi connectivity index (χ3n) is 2.68. The van der Waals surface area contributed by atoms with E-state index in [1.165, 1.54) is 6.08 Å². The van der Waals surface area contributed by atoms with E-state index < -0.39 is 5.97 Å². The van der Waals surface area contributed by atoms with Crippen molar-refractivity contribution < 1.29 is 14.7 Å². The Labute approximate surface area is 126 Å². The molecular formula is C15H13ClN2O3. The second-order valence-electron chi connectivity index (χ2n) is 4.29. The SMILES string of the molecule is O=C(O)/C=C/c1cccn1CC(=O)Nc1cccc(Cl)c1. The lowest BCUT2D eigenvalue weighted by Crippen LogP contribution is -2.18. The minimum absolute atomic E-state index is 0.0821. The highest BCUT2D eigenvalue weighted by atomic mass is 35.5. The molecule has 0 spiro atoms. The fourth-order valence-corrected chi connectivity index (χ4v) is 1.99. The van der Waals surface area contributed by atoms with E-state index >= 15 is 0 Å². The van der Waals surface area contributed by atoms with Gasteiger partial charge in [0.1, 0.15) is 6.54 Å². The van der Waals surface area contributed by atoms with E-state index in [9.17, 15) is 9.59 Å². The molecule has 5 nitrogen and oxygen atoms in total. The van der Waals surface area contributed by atoms with E-state index in [1.807, 2.05) is 0 Å². The first kappa shape index (κ1) is 14.9. The Morgan fingerprint density at radius 2 is 2.10 bits per heavy atom. The van der Waals surface area contributed by atoms with Gasteiger partial charge in [0, 0.05) is 28.7 Å². The lowest BCUT2D eigenvalue weighted by molar-refractivity contribution is -0.131. The van der Waals surface area contributed by atoms with Gasteiger partial charge in [-0.3, -0.25) is 4.79 Å². The normalized spacial score (nSPS) is 10.7. The number of anilines is 1. The van der Waals surface area contributed by atoms with Crippen LogP contribution in [0.5, 0.6) is 0 Å². The summed E-state index contributed by atoms with van der Waals surface area (Å²) in [5.41, 5.74) is 1.25. The number of nitrogens with zero attached hydrogens (tertiary/aromatic N) is 1. The van der Waals surface area contributed by atoms with Gasteiger partial charge in [0.25, 0.3) is 0 Å². The second-order valence-corrected chi connectivity index (χ2v) is 4.73. The Morgan fingerprint density at radius 3 is 2.81 bits per heavy atom. The van der Waals surface area contributed by atoms with Gasteiger partial charge >= 0.3 is 5.97 Å². The minimum atomic E-state index is -1.04. The molecule has 0 aliphatic heterocycles. The molecule has 0 atom stereocenters. The topological polar surface area (TPSA) is 71.3 Å². The number of carbonyl (C=O) groups excluding carboxylic acids is 1. The van der Waals surface area contributed by atoms with Crippen molar-refractivity contribution >= 4 is 35.2 Å². The smallest absolute Gasteiger partial charge is 0.328 e. The molecule has 0 saturated carbocycles. The number of carboxylic acid groups (broad SMARTS) is 1. The van der Waals surface area contributed by atoms with Crippen molar-refractivity contribution in [2.75, 3.05) is 5.32 Å². The van der Waals surface area contributed by atoms with Gasteiger partial charge < -0.3 is 15.0 Å². The number of carbonyl (C=O) groups is 2. The van der Waals surface area contributed by atoms with Gasteiger partial charge in [0.2, 0.25) is 5.91 Å². The number of nitrogens with one attached hydrogen (secondary N) is 1. The Kier molecular flexibility index (Phi) is 4.79. The molecule has 108 valence electrons. The molecule has 1 heterocycles. The van der Waals surface area contributed by atoms with Gasteiger partial charge in [-0.1, -0.05) is 17.7 Å². The molecular weight excluding hydrogens is 292 g/mol. The van der Waals surface area contributed by atoms with E-state index in [2.05, 4.69) is 5.32 Å². The van der Waals surface area contributed by atoms with Crippen LogP contribution in [0, 0.1) is 0 Å². The number of hydrogen-bond donors (Lipinski definition) is 2. The molecule has 0 aliphatic rings. The molecule has 0 bridgehead atoms. The maximum atomic E-state index is 12.0. The van der Waals surface area contributed by atoms with Crippen LogP contribution in [0.25, 0.3) is 6.08 Å². The molecule has 2 aromatic rings. The Hall–Kier alpha value is -2.53. The van der Waals surface area contributed by atoms with Crippen molar-refractivity contribution in [3.05, 3.63) is 59.4 Å². The second kappa shape index (κ2) is 6.76. The first-order valence-electron chi connectivity index (χ1n) is 6.16. The molecule has 1 aromatic heterocycles. The predicted octanol–water partition coefficient (Wildman–Crippen LogP) is 2.88. The molecule has 2 N–H and O–H groups in total. The number of halogens is 1. The summed E-state index contributed by atoms with van der Waals surface area (Å²) < 4.78 is 1.65. The fraction of sp³-hybridized carbons (Fsp3) is 0.0667. The molecule has 6 heteroatoms. The number of hydrogen-bond acceptors (Lipinski definition) is 2. The Balaban J connectivity index is 2.03.